The Morgan fingerprint density at radius 1 is 1.35 bits per heavy atom. The largest absolute Gasteiger partial charge is 0.495 e. The molecule has 0 fully saturated rings. The summed E-state index contributed by atoms with van der Waals surface area (Å²) in [7, 11) is 1.52. The summed E-state index contributed by atoms with van der Waals surface area (Å²) < 4.78 is 10.4. The van der Waals surface area contributed by atoms with Gasteiger partial charge in [-0.1, -0.05) is 11.6 Å². The molecule has 3 rings (SSSR count). The Balaban J connectivity index is 1.58. The van der Waals surface area contributed by atoms with E-state index in [9.17, 15) is 9.90 Å². The number of furan rings is 1. The molecule has 0 aliphatic rings. The van der Waals surface area contributed by atoms with Crippen LogP contribution < -0.4 is 15.4 Å². The number of benzene rings is 1. The van der Waals surface area contributed by atoms with Gasteiger partial charge in [0.25, 0.3) is 0 Å². The number of halogens is 1. The molecule has 136 valence electrons. The minimum absolute atomic E-state index is 0.324. The first-order valence-electron chi connectivity index (χ1n) is 7.75. The van der Waals surface area contributed by atoms with Gasteiger partial charge >= 0.3 is 6.03 Å². The Morgan fingerprint density at radius 2 is 2.19 bits per heavy atom. The molecule has 1 atom stereocenters. The Kier molecular flexibility index (Phi) is 5.82. The first kappa shape index (κ1) is 18.3. The van der Waals surface area contributed by atoms with Gasteiger partial charge in [0.05, 0.1) is 25.6 Å². The number of carbonyl (C=O) groups excluding carboxylic acids is 1. The van der Waals surface area contributed by atoms with Gasteiger partial charge in [0.1, 0.15) is 17.6 Å². The molecule has 3 N–H and O–H groups in total. The lowest BCUT2D eigenvalue weighted by atomic mass is 10.2. The molecule has 1 aromatic carbocycles. The quantitative estimate of drug-likeness (QED) is 0.580. The number of urea groups is 1. The van der Waals surface area contributed by atoms with Crippen LogP contribution in [0.1, 0.15) is 21.6 Å². The van der Waals surface area contributed by atoms with Gasteiger partial charge in [-0.2, -0.15) is 0 Å². The maximum Gasteiger partial charge on any atom is 0.319 e. The van der Waals surface area contributed by atoms with E-state index in [1.807, 2.05) is 12.1 Å². The van der Waals surface area contributed by atoms with Gasteiger partial charge in [-0.3, -0.25) is 0 Å². The van der Waals surface area contributed by atoms with Crippen molar-refractivity contribution in [3.8, 4) is 5.75 Å². The van der Waals surface area contributed by atoms with Crippen LogP contribution in [0, 0.1) is 0 Å². The minimum atomic E-state index is -0.812. The van der Waals surface area contributed by atoms with Crippen LogP contribution in [0.25, 0.3) is 0 Å². The number of thiophene rings is 1. The summed E-state index contributed by atoms with van der Waals surface area (Å²) in [6.45, 7) is 0.324. The second-order valence-electron chi connectivity index (χ2n) is 5.37. The van der Waals surface area contributed by atoms with Gasteiger partial charge in [-0.15, -0.1) is 11.3 Å². The summed E-state index contributed by atoms with van der Waals surface area (Å²) in [5.41, 5.74) is 0.484. The van der Waals surface area contributed by atoms with Crippen LogP contribution in [-0.4, -0.2) is 18.2 Å². The van der Waals surface area contributed by atoms with Crippen LogP contribution in [0.5, 0.6) is 5.75 Å². The zero-order valence-corrected chi connectivity index (χ0v) is 15.4. The predicted octanol–water partition coefficient (Wildman–Crippen LogP) is 4.41. The van der Waals surface area contributed by atoms with Crippen molar-refractivity contribution in [2.45, 2.75) is 12.6 Å². The number of amides is 2. The first-order valence-corrected chi connectivity index (χ1v) is 8.94. The van der Waals surface area contributed by atoms with Crippen molar-refractivity contribution in [3.05, 3.63) is 69.3 Å². The molecule has 0 bridgehead atoms. The number of aliphatic hydroxyl groups excluding tert-OH is 1. The number of ether oxygens (including phenoxy) is 1. The van der Waals surface area contributed by atoms with E-state index in [-0.39, 0.29) is 6.03 Å². The fourth-order valence-electron chi connectivity index (χ4n) is 2.34. The molecule has 0 aliphatic carbocycles. The molecule has 2 amide bonds. The average Bonchev–Trinajstić information content (AvgIpc) is 3.31. The third kappa shape index (κ3) is 4.37. The van der Waals surface area contributed by atoms with Crippen LogP contribution in [-0.2, 0) is 6.54 Å². The molecule has 0 aliphatic heterocycles. The van der Waals surface area contributed by atoms with Gasteiger partial charge in [0.2, 0.25) is 0 Å². The third-order valence-electron chi connectivity index (χ3n) is 3.60. The molecular formula is C18H17ClN2O4S. The Morgan fingerprint density at radius 3 is 2.92 bits per heavy atom. The molecule has 2 heterocycles. The lowest BCUT2D eigenvalue weighted by Gasteiger charge is -2.11. The summed E-state index contributed by atoms with van der Waals surface area (Å²) in [6, 6.07) is 11.7. The molecule has 8 heteroatoms. The van der Waals surface area contributed by atoms with E-state index in [1.165, 1.54) is 24.7 Å². The highest BCUT2D eigenvalue weighted by Crippen LogP contribution is 2.29. The summed E-state index contributed by atoms with van der Waals surface area (Å²) in [4.78, 5) is 13.8. The Labute approximate surface area is 159 Å². The smallest absolute Gasteiger partial charge is 0.319 e. The molecule has 2 aromatic heterocycles. The lowest BCUT2D eigenvalue weighted by Crippen LogP contribution is -2.28. The van der Waals surface area contributed by atoms with Gasteiger partial charge in [0, 0.05) is 14.8 Å². The number of anilines is 1. The zero-order chi connectivity index (χ0) is 18.5. The highest BCUT2D eigenvalue weighted by Gasteiger charge is 2.16. The normalized spacial score (nSPS) is 11.8. The van der Waals surface area contributed by atoms with Crippen molar-refractivity contribution < 1.29 is 19.1 Å². The second-order valence-corrected chi connectivity index (χ2v) is 7.01. The second kappa shape index (κ2) is 8.27. The van der Waals surface area contributed by atoms with Crippen LogP contribution in [0.2, 0.25) is 5.02 Å². The molecule has 0 saturated heterocycles. The molecule has 3 aromatic rings. The number of aliphatic hydroxyl groups is 1. The fourth-order valence-corrected chi connectivity index (χ4v) is 3.45. The van der Waals surface area contributed by atoms with Crippen molar-refractivity contribution in [1.29, 1.82) is 0 Å². The van der Waals surface area contributed by atoms with E-state index in [4.69, 9.17) is 20.8 Å². The van der Waals surface area contributed by atoms with Crippen LogP contribution >= 0.6 is 22.9 Å². The SMILES string of the molecule is COc1ccc(Cl)cc1NC(=O)NCc1ccc(C(O)c2ccco2)s1. The molecule has 1 unspecified atom stereocenters. The van der Waals surface area contributed by atoms with E-state index in [2.05, 4.69) is 10.6 Å². The maximum atomic E-state index is 12.1. The average molecular weight is 393 g/mol. The monoisotopic (exact) mass is 392 g/mol. The Hall–Kier alpha value is -2.48. The fraction of sp³-hybridized carbons (Fsp3) is 0.167. The third-order valence-corrected chi connectivity index (χ3v) is 4.97. The molecule has 26 heavy (non-hydrogen) atoms. The van der Waals surface area contributed by atoms with Crippen molar-refractivity contribution in [2.75, 3.05) is 12.4 Å². The topological polar surface area (TPSA) is 83.7 Å². The van der Waals surface area contributed by atoms with Crippen molar-refractivity contribution in [2.24, 2.45) is 0 Å². The first-order chi connectivity index (χ1) is 12.6. The number of rotatable bonds is 6. The van der Waals surface area contributed by atoms with Gasteiger partial charge in [0.15, 0.2) is 0 Å². The molecular weight excluding hydrogens is 376 g/mol. The van der Waals surface area contributed by atoms with Crippen LogP contribution in [0.3, 0.4) is 0 Å². The van der Waals surface area contributed by atoms with E-state index in [0.717, 1.165) is 9.75 Å². The van der Waals surface area contributed by atoms with Gasteiger partial charge in [-0.05, 0) is 42.5 Å². The maximum absolute atomic E-state index is 12.1. The number of hydrogen-bond acceptors (Lipinski definition) is 5. The van der Waals surface area contributed by atoms with Gasteiger partial charge in [-0.25, -0.2) is 4.79 Å². The highest BCUT2D eigenvalue weighted by molar-refractivity contribution is 7.12. The molecule has 0 spiro atoms. The minimum Gasteiger partial charge on any atom is -0.495 e. The standard InChI is InChI=1S/C18H17ClN2O4S/c1-24-14-6-4-11(19)9-13(14)21-18(23)20-10-12-5-7-16(26-12)17(22)15-3-2-8-25-15/h2-9,17,22H,10H2,1H3,(H2,20,21,23). The number of hydrogen-bond donors (Lipinski definition) is 3. The summed E-state index contributed by atoms with van der Waals surface area (Å²) in [6.07, 6.45) is 0.705. The van der Waals surface area contributed by atoms with E-state index in [1.54, 1.807) is 30.3 Å². The summed E-state index contributed by atoms with van der Waals surface area (Å²) in [5.74, 6) is 1.00. The zero-order valence-electron chi connectivity index (χ0n) is 13.9. The molecule has 0 radical (unpaired) electrons. The number of nitrogens with one attached hydrogen (secondary N) is 2. The van der Waals surface area contributed by atoms with Crippen molar-refractivity contribution in [3.63, 3.8) is 0 Å². The summed E-state index contributed by atoms with van der Waals surface area (Å²) in [5, 5.41) is 16.2. The van der Waals surface area contributed by atoms with Crippen LogP contribution in [0.15, 0.2) is 53.1 Å². The highest BCUT2D eigenvalue weighted by atomic mass is 35.5. The molecule has 0 saturated carbocycles. The van der Waals surface area contributed by atoms with Crippen LogP contribution in [0.4, 0.5) is 10.5 Å². The van der Waals surface area contributed by atoms with E-state index in [0.29, 0.717) is 28.8 Å². The van der Waals surface area contributed by atoms with Crippen molar-refractivity contribution in [1.82, 2.24) is 5.32 Å². The Bertz CT molecular complexity index is 879. The summed E-state index contributed by atoms with van der Waals surface area (Å²) >= 11 is 7.35. The molecule has 6 nitrogen and oxygen atoms in total. The van der Waals surface area contributed by atoms with Crippen molar-refractivity contribution >= 4 is 34.7 Å². The van der Waals surface area contributed by atoms with Gasteiger partial charge < -0.3 is 24.9 Å². The number of carbonyl (C=O) groups is 1. The lowest BCUT2D eigenvalue weighted by molar-refractivity contribution is 0.193. The predicted molar refractivity (Wildman–Crippen MR) is 101 cm³/mol. The van der Waals surface area contributed by atoms with E-state index < -0.39 is 6.10 Å². The number of methoxy groups -OCH3 is 1. The van der Waals surface area contributed by atoms with E-state index >= 15 is 0 Å².